The minimum Gasteiger partial charge on any atom is -0.465 e. The van der Waals surface area contributed by atoms with E-state index in [4.69, 9.17) is 9.47 Å². The van der Waals surface area contributed by atoms with Crippen LogP contribution in [0, 0.1) is 6.92 Å². The zero-order chi connectivity index (χ0) is 25.4. The van der Waals surface area contributed by atoms with Crippen molar-refractivity contribution in [3.05, 3.63) is 58.9 Å². The van der Waals surface area contributed by atoms with Crippen LogP contribution in [0.1, 0.15) is 60.5 Å². The quantitative estimate of drug-likeness (QED) is 0.544. The van der Waals surface area contributed by atoms with Gasteiger partial charge in [-0.15, -0.1) is 0 Å². The number of carbonyl (C=O) groups is 2. The second kappa shape index (κ2) is 9.69. The molecule has 1 saturated heterocycles. The molecular formula is C29H33FN2O4. The maximum Gasteiger partial charge on any atom is 0.338 e. The Kier molecular flexibility index (Phi) is 6.60. The van der Waals surface area contributed by atoms with Crippen LogP contribution in [0.2, 0.25) is 0 Å². The first kappa shape index (κ1) is 24.5. The van der Waals surface area contributed by atoms with Gasteiger partial charge in [-0.2, -0.15) is 0 Å². The highest BCUT2D eigenvalue weighted by Crippen LogP contribution is 2.48. The molecule has 0 bridgehead atoms. The van der Waals surface area contributed by atoms with E-state index < -0.39 is 5.41 Å². The maximum absolute atomic E-state index is 13.8. The molecule has 1 fully saturated rings. The molecule has 1 amide bonds. The van der Waals surface area contributed by atoms with E-state index in [1.54, 1.807) is 0 Å². The molecule has 6 nitrogen and oxygen atoms in total. The zero-order valence-electron chi connectivity index (χ0n) is 21.2. The summed E-state index contributed by atoms with van der Waals surface area (Å²) in [7, 11) is 1.40. The molecule has 2 aliphatic heterocycles. The summed E-state index contributed by atoms with van der Waals surface area (Å²) in [6, 6.07) is 10.3. The number of benzene rings is 2. The topological polar surface area (TPSA) is 67.9 Å². The van der Waals surface area contributed by atoms with Crippen LogP contribution < -0.4 is 10.2 Å². The average Bonchev–Trinajstić information content (AvgIpc) is 3.17. The molecule has 2 aromatic carbocycles. The minimum absolute atomic E-state index is 0.0741. The fraction of sp³-hybridized carbons (Fsp3) is 0.448. The predicted molar refractivity (Wildman–Crippen MR) is 138 cm³/mol. The normalized spacial score (nSPS) is 21.7. The molecule has 0 saturated carbocycles. The van der Waals surface area contributed by atoms with E-state index in [9.17, 15) is 14.0 Å². The Morgan fingerprint density at radius 2 is 2.00 bits per heavy atom. The van der Waals surface area contributed by atoms with Crippen molar-refractivity contribution in [2.45, 2.75) is 57.4 Å². The van der Waals surface area contributed by atoms with Crippen LogP contribution in [-0.2, 0) is 19.7 Å². The van der Waals surface area contributed by atoms with Crippen molar-refractivity contribution in [1.29, 1.82) is 0 Å². The summed E-state index contributed by atoms with van der Waals surface area (Å²) >= 11 is 0. The molecule has 36 heavy (non-hydrogen) atoms. The summed E-state index contributed by atoms with van der Waals surface area (Å²) in [5, 5.41) is 3.00. The lowest BCUT2D eigenvalue weighted by Crippen LogP contribution is -2.40. The zero-order valence-corrected chi connectivity index (χ0v) is 21.2. The van der Waals surface area contributed by atoms with Crippen LogP contribution in [0.5, 0.6) is 0 Å². The van der Waals surface area contributed by atoms with E-state index >= 15 is 0 Å². The highest BCUT2D eigenvalue weighted by molar-refractivity contribution is 6.07. The molecule has 5 rings (SSSR count). The Morgan fingerprint density at radius 3 is 2.67 bits per heavy atom. The van der Waals surface area contributed by atoms with Gasteiger partial charge in [0.15, 0.2) is 0 Å². The number of ether oxygens (including phenoxy) is 2. The monoisotopic (exact) mass is 492 g/mol. The van der Waals surface area contributed by atoms with Gasteiger partial charge in [0, 0.05) is 43.6 Å². The summed E-state index contributed by atoms with van der Waals surface area (Å²) in [6.45, 7) is 6.36. The van der Waals surface area contributed by atoms with Crippen molar-refractivity contribution in [3.8, 4) is 11.1 Å². The lowest BCUT2D eigenvalue weighted by Gasteiger charge is -2.37. The van der Waals surface area contributed by atoms with Crippen molar-refractivity contribution in [3.63, 3.8) is 0 Å². The first-order valence-corrected chi connectivity index (χ1v) is 12.8. The Morgan fingerprint density at radius 1 is 1.22 bits per heavy atom. The largest absolute Gasteiger partial charge is 0.465 e. The van der Waals surface area contributed by atoms with Gasteiger partial charge < -0.3 is 19.7 Å². The Hall–Kier alpha value is -3.19. The average molecular weight is 493 g/mol. The van der Waals surface area contributed by atoms with Crippen molar-refractivity contribution in [2.24, 2.45) is 0 Å². The third kappa shape index (κ3) is 4.09. The van der Waals surface area contributed by atoms with Crippen LogP contribution in [-0.4, -0.2) is 44.8 Å². The van der Waals surface area contributed by atoms with E-state index in [0.29, 0.717) is 24.4 Å². The van der Waals surface area contributed by atoms with Crippen molar-refractivity contribution in [2.75, 3.05) is 37.1 Å². The van der Waals surface area contributed by atoms with Crippen LogP contribution in [0.25, 0.3) is 11.1 Å². The summed E-state index contributed by atoms with van der Waals surface area (Å²) in [5.74, 6) is -0.604. The molecule has 190 valence electrons. The van der Waals surface area contributed by atoms with Crippen molar-refractivity contribution >= 4 is 23.3 Å². The van der Waals surface area contributed by atoms with Crippen LogP contribution >= 0.6 is 0 Å². The Bertz CT molecular complexity index is 1230. The van der Waals surface area contributed by atoms with E-state index in [1.165, 1.54) is 13.2 Å². The molecule has 1 aliphatic carbocycles. The Labute approximate surface area is 211 Å². The molecule has 3 aliphatic rings. The van der Waals surface area contributed by atoms with Crippen LogP contribution in [0.3, 0.4) is 0 Å². The van der Waals surface area contributed by atoms with E-state index in [-0.39, 0.29) is 24.1 Å². The smallest absolute Gasteiger partial charge is 0.338 e. The second-order valence-electron chi connectivity index (χ2n) is 9.94. The fourth-order valence-corrected chi connectivity index (χ4v) is 5.97. The number of rotatable bonds is 5. The number of anilines is 2. The van der Waals surface area contributed by atoms with Gasteiger partial charge in [-0.25, -0.2) is 9.18 Å². The molecule has 1 spiro atoms. The van der Waals surface area contributed by atoms with Crippen LogP contribution in [0.15, 0.2) is 42.2 Å². The van der Waals surface area contributed by atoms with Gasteiger partial charge in [0.2, 0.25) is 5.91 Å². The number of nitrogens with one attached hydrogen (secondary N) is 1. The third-order valence-electron chi connectivity index (χ3n) is 8.08. The SMILES string of the molecule is CCN(c1cc(-c2ccc3c(c2)C2(CC=C(F)CC2)C(=O)N3)cc(C(=O)OC)c1C)C1CCOCC1. The predicted octanol–water partition coefficient (Wildman–Crippen LogP) is 5.68. The maximum atomic E-state index is 13.8. The first-order chi connectivity index (χ1) is 17.4. The molecule has 7 heteroatoms. The second-order valence-corrected chi connectivity index (χ2v) is 9.94. The number of fused-ring (bicyclic) bond motifs is 2. The summed E-state index contributed by atoms with van der Waals surface area (Å²) in [4.78, 5) is 28.2. The van der Waals surface area contributed by atoms with Gasteiger partial charge in [0.05, 0.1) is 23.9 Å². The van der Waals surface area contributed by atoms with E-state index in [2.05, 4.69) is 23.2 Å². The third-order valence-corrected chi connectivity index (χ3v) is 8.08. The lowest BCUT2D eigenvalue weighted by atomic mass is 9.72. The highest BCUT2D eigenvalue weighted by atomic mass is 19.1. The number of hydrogen-bond donors (Lipinski definition) is 1. The molecule has 1 unspecified atom stereocenters. The first-order valence-electron chi connectivity index (χ1n) is 12.8. The number of hydrogen-bond acceptors (Lipinski definition) is 5. The van der Waals surface area contributed by atoms with Crippen LogP contribution in [0.4, 0.5) is 15.8 Å². The van der Waals surface area contributed by atoms with E-state index in [0.717, 1.165) is 66.2 Å². The Balaban J connectivity index is 1.62. The number of methoxy groups -OCH3 is 1. The molecule has 1 atom stereocenters. The number of carbonyl (C=O) groups excluding carboxylic acids is 2. The molecule has 0 radical (unpaired) electrons. The van der Waals surface area contributed by atoms with Gasteiger partial charge in [-0.05, 0) is 86.1 Å². The summed E-state index contributed by atoms with van der Waals surface area (Å²) in [6.07, 6.45) is 4.46. The van der Waals surface area contributed by atoms with E-state index in [1.807, 2.05) is 31.2 Å². The standard InChI is InChI=1S/C29H33FN2O4/c1-4-32(22-9-13-36-14-10-22)26-17-20(15-23(18(26)2)27(33)35-3)19-5-6-25-24(16-19)29(28(34)31-25)11-7-21(30)8-12-29/h5-7,15-17,22H,4,8-14H2,1-3H3,(H,31,34). The van der Waals surface area contributed by atoms with Crippen molar-refractivity contribution < 1.29 is 23.5 Å². The fourth-order valence-electron chi connectivity index (χ4n) is 5.97. The van der Waals surface area contributed by atoms with Gasteiger partial charge in [0.25, 0.3) is 0 Å². The number of esters is 1. The number of halogens is 1. The van der Waals surface area contributed by atoms with Gasteiger partial charge in [-0.3, -0.25) is 4.79 Å². The minimum atomic E-state index is -0.753. The van der Waals surface area contributed by atoms with Gasteiger partial charge >= 0.3 is 5.97 Å². The van der Waals surface area contributed by atoms with Crippen molar-refractivity contribution in [1.82, 2.24) is 0 Å². The number of nitrogens with zero attached hydrogens (tertiary/aromatic N) is 1. The van der Waals surface area contributed by atoms with Gasteiger partial charge in [0.1, 0.15) is 0 Å². The number of amides is 1. The molecular weight excluding hydrogens is 459 g/mol. The molecule has 0 aromatic heterocycles. The summed E-state index contributed by atoms with van der Waals surface area (Å²) < 4.78 is 24.6. The summed E-state index contributed by atoms with van der Waals surface area (Å²) in [5.41, 5.74) is 5.14. The molecule has 2 aromatic rings. The molecule has 2 heterocycles. The number of allylic oxidation sites excluding steroid dienone is 2. The highest BCUT2D eigenvalue weighted by Gasteiger charge is 2.47. The molecule has 1 N–H and O–H groups in total. The lowest BCUT2D eigenvalue weighted by molar-refractivity contribution is -0.121. The van der Waals surface area contributed by atoms with Gasteiger partial charge in [-0.1, -0.05) is 12.1 Å².